The fraction of sp³-hybridized carbons (Fsp3) is 0.391. The Kier molecular flexibility index (Phi) is 6.76. The van der Waals surface area contributed by atoms with E-state index in [4.69, 9.17) is 16.1 Å². The summed E-state index contributed by atoms with van der Waals surface area (Å²) >= 11 is 5.85. The van der Waals surface area contributed by atoms with E-state index in [0.717, 1.165) is 11.4 Å². The first-order valence-corrected chi connectivity index (χ1v) is 12.7. The summed E-state index contributed by atoms with van der Waals surface area (Å²) in [4.78, 5) is 15.3. The summed E-state index contributed by atoms with van der Waals surface area (Å²) in [5.74, 6) is 1.41. The van der Waals surface area contributed by atoms with Crippen molar-refractivity contribution >= 4 is 27.4 Å². The molecule has 8 nitrogen and oxygen atoms in total. The summed E-state index contributed by atoms with van der Waals surface area (Å²) in [6.07, 6.45) is 1.27. The lowest BCUT2D eigenvalue weighted by molar-refractivity contribution is 0.0907. The Hall–Kier alpha value is -2.46. The molecule has 1 aliphatic rings. The zero-order valence-electron chi connectivity index (χ0n) is 18.8. The van der Waals surface area contributed by atoms with Crippen LogP contribution in [0.15, 0.2) is 45.8 Å². The van der Waals surface area contributed by atoms with E-state index in [1.807, 2.05) is 37.5 Å². The van der Waals surface area contributed by atoms with E-state index >= 15 is 0 Å². The maximum Gasteiger partial charge on any atom is 0.240 e. The van der Waals surface area contributed by atoms with E-state index < -0.39 is 10.0 Å². The molecular weight excluding hydrogens is 464 g/mol. The summed E-state index contributed by atoms with van der Waals surface area (Å²) in [7, 11) is -3.60. The van der Waals surface area contributed by atoms with E-state index in [-0.39, 0.29) is 16.7 Å². The highest BCUT2D eigenvalue weighted by molar-refractivity contribution is 7.89. The molecule has 0 bridgehead atoms. The number of carbonyl (C=O) groups is 1. The average molecular weight is 491 g/mol. The lowest BCUT2D eigenvalue weighted by atomic mass is 10.0. The summed E-state index contributed by atoms with van der Waals surface area (Å²) in [5, 5.41) is 4.55. The number of likely N-dealkylation sites (tertiary alicyclic amines) is 1. The zero-order valence-corrected chi connectivity index (χ0v) is 20.4. The Labute approximate surface area is 198 Å². The van der Waals surface area contributed by atoms with Crippen LogP contribution >= 0.6 is 11.6 Å². The summed E-state index contributed by atoms with van der Waals surface area (Å²) < 4.78 is 35.1. The van der Waals surface area contributed by atoms with Crippen molar-refractivity contribution in [3.8, 4) is 5.82 Å². The predicted octanol–water partition coefficient (Wildman–Crippen LogP) is 3.67. The highest BCUT2D eigenvalue weighted by Gasteiger charge is 2.27. The molecule has 1 N–H and O–H groups in total. The zero-order chi connectivity index (χ0) is 23.8. The minimum Gasteiger partial charge on any atom is -0.360 e. The number of aryl methyl sites for hydroxylation is 2. The number of benzene rings is 1. The van der Waals surface area contributed by atoms with E-state index in [1.54, 1.807) is 12.1 Å². The van der Waals surface area contributed by atoms with Gasteiger partial charge in [0.05, 0.1) is 11.4 Å². The van der Waals surface area contributed by atoms with Gasteiger partial charge >= 0.3 is 0 Å². The summed E-state index contributed by atoms with van der Waals surface area (Å²) in [5.41, 5.74) is 2.41. The van der Waals surface area contributed by atoms with E-state index in [2.05, 4.69) is 14.8 Å². The van der Waals surface area contributed by atoms with E-state index in [9.17, 15) is 13.2 Å². The normalized spacial score (nSPS) is 15.8. The van der Waals surface area contributed by atoms with Crippen molar-refractivity contribution in [3.05, 3.63) is 64.1 Å². The largest absolute Gasteiger partial charge is 0.360 e. The number of ketones is 1. The minimum absolute atomic E-state index is 0.0368. The minimum atomic E-state index is -3.60. The van der Waals surface area contributed by atoms with Crippen molar-refractivity contribution in [3.63, 3.8) is 0 Å². The molecule has 0 aliphatic carbocycles. The second-order valence-corrected chi connectivity index (χ2v) is 10.6. The summed E-state index contributed by atoms with van der Waals surface area (Å²) in [6, 6.07) is 9.66. The second kappa shape index (κ2) is 9.42. The van der Waals surface area contributed by atoms with Crippen LogP contribution < -0.4 is 4.72 Å². The van der Waals surface area contributed by atoms with Gasteiger partial charge in [0, 0.05) is 47.2 Å². The lowest BCUT2D eigenvalue weighted by Crippen LogP contribution is -2.45. The molecule has 0 saturated carbocycles. The van der Waals surface area contributed by atoms with Gasteiger partial charge in [0.15, 0.2) is 11.6 Å². The van der Waals surface area contributed by atoms with Gasteiger partial charge in [-0.3, -0.25) is 14.3 Å². The van der Waals surface area contributed by atoms with Crippen molar-refractivity contribution in [2.45, 2.75) is 44.6 Å². The predicted molar refractivity (Wildman–Crippen MR) is 126 cm³/mol. The Morgan fingerprint density at radius 1 is 1.15 bits per heavy atom. The van der Waals surface area contributed by atoms with Crippen LogP contribution in [-0.4, -0.2) is 54.5 Å². The topological polar surface area (TPSA) is 97.4 Å². The molecular formula is C23H27ClN4O4S. The molecule has 0 radical (unpaired) electrons. The van der Waals surface area contributed by atoms with E-state index in [0.29, 0.717) is 54.6 Å². The smallest absolute Gasteiger partial charge is 0.240 e. The number of aromatic nitrogens is 2. The Bertz CT molecular complexity index is 1260. The van der Waals surface area contributed by atoms with Crippen molar-refractivity contribution in [1.29, 1.82) is 0 Å². The Morgan fingerprint density at radius 2 is 1.82 bits per heavy atom. The Balaban J connectivity index is 1.36. The van der Waals surface area contributed by atoms with Gasteiger partial charge in [-0.25, -0.2) is 13.1 Å². The number of hydrogen-bond acceptors (Lipinski definition) is 6. The van der Waals surface area contributed by atoms with Gasteiger partial charge in [-0.2, -0.15) is 0 Å². The highest BCUT2D eigenvalue weighted by Crippen LogP contribution is 2.22. The standard InChI is InChI=1S/C23H27ClN4O4S/c1-15-12-21(17(3)28(15)23-13-16(2)32-25-23)22(29)14-27-10-8-19(9-11-27)26-33(30,31)20-6-4-18(24)5-7-20/h4-7,12-13,19,26H,8-11,14H2,1-3H3. The first kappa shape index (κ1) is 23.7. The maximum atomic E-state index is 13.0. The lowest BCUT2D eigenvalue weighted by Gasteiger charge is -2.31. The number of hydrogen-bond donors (Lipinski definition) is 1. The number of Topliss-reactive ketones (excluding diaryl/α,β-unsaturated/α-hetero) is 1. The number of sulfonamides is 1. The van der Waals surface area contributed by atoms with Gasteiger partial charge in [-0.05, 0) is 63.9 Å². The van der Waals surface area contributed by atoms with Gasteiger partial charge in [-0.15, -0.1) is 0 Å². The van der Waals surface area contributed by atoms with Crippen molar-refractivity contribution in [2.24, 2.45) is 0 Å². The van der Waals surface area contributed by atoms with Crippen molar-refractivity contribution in [1.82, 2.24) is 19.3 Å². The molecule has 33 heavy (non-hydrogen) atoms. The van der Waals surface area contributed by atoms with Gasteiger partial charge < -0.3 is 4.52 Å². The number of carbonyl (C=O) groups excluding carboxylic acids is 1. The molecule has 1 saturated heterocycles. The molecule has 1 fully saturated rings. The van der Waals surface area contributed by atoms with Gasteiger partial charge in [0.1, 0.15) is 5.76 Å². The third-order valence-corrected chi connectivity index (χ3v) is 7.77. The molecule has 3 aromatic rings. The van der Waals surface area contributed by atoms with Crippen LogP contribution in [0.1, 0.15) is 40.3 Å². The maximum absolute atomic E-state index is 13.0. The SMILES string of the molecule is Cc1cc(-n2c(C)cc(C(=O)CN3CCC(NS(=O)(=O)c4ccc(Cl)cc4)CC3)c2C)no1. The molecule has 0 atom stereocenters. The van der Waals surface area contributed by atoms with Gasteiger partial charge in [0.2, 0.25) is 10.0 Å². The number of nitrogens with zero attached hydrogens (tertiary/aromatic N) is 3. The number of rotatable bonds is 7. The summed E-state index contributed by atoms with van der Waals surface area (Å²) in [6.45, 7) is 7.24. The Morgan fingerprint density at radius 3 is 2.42 bits per heavy atom. The molecule has 1 aliphatic heterocycles. The molecule has 4 rings (SSSR count). The quantitative estimate of drug-likeness (QED) is 0.507. The van der Waals surface area contributed by atoms with Crippen molar-refractivity contribution < 1.29 is 17.7 Å². The molecule has 3 heterocycles. The monoisotopic (exact) mass is 490 g/mol. The third kappa shape index (κ3) is 5.22. The number of piperidine rings is 1. The van der Waals surface area contributed by atoms with E-state index in [1.165, 1.54) is 12.1 Å². The molecule has 0 unspecified atom stereocenters. The number of halogens is 1. The fourth-order valence-corrected chi connectivity index (χ4v) is 5.69. The van der Waals surface area contributed by atoms with Crippen LogP contribution in [-0.2, 0) is 10.0 Å². The highest BCUT2D eigenvalue weighted by atomic mass is 35.5. The van der Waals surface area contributed by atoms with Crippen LogP contribution in [0.2, 0.25) is 5.02 Å². The first-order valence-electron chi connectivity index (χ1n) is 10.8. The molecule has 1 aromatic carbocycles. The molecule has 2 aromatic heterocycles. The van der Waals surface area contributed by atoms with Crippen LogP contribution in [0.25, 0.3) is 5.82 Å². The van der Waals surface area contributed by atoms with Crippen LogP contribution in [0.4, 0.5) is 0 Å². The molecule has 176 valence electrons. The van der Waals surface area contributed by atoms with Crippen LogP contribution in [0.3, 0.4) is 0 Å². The van der Waals surface area contributed by atoms with Crippen molar-refractivity contribution in [2.75, 3.05) is 19.6 Å². The third-order valence-electron chi connectivity index (χ3n) is 5.98. The molecule has 10 heteroatoms. The van der Waals surface area contributed by atoms with Gasteiger partial charge in [0.25, 0.3) is 0 Å². The first-order chi connectivity index (χ1) is 15.6. The average Bonchev–Trinajstić information content (AvgIpc) is 3.31. The fourth-order valence-electron chi connectivity index (χ4n) is 4.25. The molecule has 0 spiro atoms. The van der Waals surface area contributed by atoms with Crippen LogP contribution in [0.5, 0.6) is 0 Å². The molecule has 0 amide bonds. The van der Waals surface area contributed by atoms with Crippen LogP contribution in [0, 0.1) is 20.8 Å². The number of nitrogens with one attached hydrogen (secondary N) is 1. The van der Waals surface area contributed by atoms with Gasteiger partial charge in [-0.1, -0.05) is 16.8 Å². The second-order valence-electron chi connectivity index (χ2n) is 8.46.